The van der Waals surface area contributed by atoms with E-state index in [0.29, 0.717) is 0 Å². The van der Waals surface area contributed by atoms with Gasteiger partial charge in [-0.2, -0.15) is 4.83 Å². The number of hydrogen-bond donors (Lipinski definition) is 3. The lowest BCUT2D eigenvalue weighted by Gasteiger charge is -2.02. The van der Waals surface area contributed by atoms with Crippen molar-refractivity contribution >= 4 is 18.0 Å². The average Bonchev–Trinajstić information content (AvgIpc) is 2.02. The Morgan fingerprint density at radius 2 is 2.17 bits per heavy atom. The third-order valence-corrected chi connectivity index (χ3v) is 2.09. The van der Waals surface area contributed by atoms with E-state index < -0.39 is 6.03 Å². The van der Waals surface area contributed by atoms with Gasteiger partial charge in [-0.05, 0) is 6.42 Å². The summed E-state index contributed by atoms with van der Waals surface area (Å²) >= 11 is 1.47. The van der Waals surface area contributed by atoms with E-state index in [1.54, 1.807) is 0 Å². The van der Waals surface area contributed by atoms with Gasteiger partial charge in [-0.3, -0.25) is 5.43 Å². The van der Waals surface area contributed by atoms with Gasteiger partial charge in [0.05, 0.1) is 0 Å². The molecule has 0 heterocycles. The summed E-state index contributed by atoms with van der Waals surface area (Å²) in [5, 5.41) is 0. The third kappa shape index (κ3) is 9.58. The fourth-order valence-corrected chi connectivity index (χ4v) is 1.36. The first-order chi connectivity index (χ1) is 5.77. The lowest BCUT2D eigenvalue weighted by Crippen LogP contribution is -2.37. The number of nitrogens with one attached hydrogen (secondary N) is 2. The highest BCUT2D eigenvalue weighted by Crippen LogP contribution is 2.03. The van der Waals surface area contributed by atoms with Gasteiger partial charge in [-0.25, -0.2) is 4.79 Å². The number of hydrazine groups is 1. The quantitative estimate of drug-likeness (QED) is 0.323. The van der Waals surface area contributed by atoms with Crippen LogP contribution in [0, 0.1) is 0 Å². The molecule has 4 N–H and O–H groups in total. The van der Waals surface area contributed by atoms with E-state index in [9.17, 15) is 4.79 Å². The van der Waals surface area contributed by atoms with Gasteiger partial charge in [-0.1, -0.05) is 38.1 Å². The zero-order valence-corrected chi connectivity index (χ0v) is 8.25. The van der Waals surface area contributed by atoms with Crippen molar-refractivity contribution in [2.75, 3.05) is 5.75 Å². The minimum absolute atomic E-state index is 0.545. The average molecular weight is 191 g/mol. The van der Waals surface area contributed by atoms with Gasteiger partial charge in [0.1, 0.15) is 0 Å². The monoisotopic (exact) mass is 191 g/mol. The normalized spacial score (nSPS) is 9.75. The van der Waals surface area contributed by atoms with Crippen LogP contribution in [0.15, 0.2) is 0 Å². The Morgan fingerprint density at radius 3 is 2.75 bits per heavy atom. The topological polar surface area (TPSA) is 67.2 Å². The molecule has 0 spiro atoms. The van der Waals surface area contributed by atoms with E-state index in [2.05, 4.69) is 17.2 Å². The van der Waals surface area contributed by atoms with Crippen LogP contribution in [0.2, 0.25) is 0 Å². The molecule has 12 heavy (non-hydrogen) atoms. The molecule has 0 aromatic rings. The van der Waals surface area contributed by atoms with E-state index in [1.807, 2.05) is 0 Å². The number of amides is 2. The van der Waals surface area contributed by atoms with Crippen LogP contribution in [-0.4, -0.2) is 11.8 Å². The van der Waals surface area contributed by atoms with Crippen LogP contribution in [0.3, 0.4) is 0 Å². The molecule has 0 rings (SSSR count). The molecule has 0 aliphatic rings. The first kappa shape index (κ1) is 11.6. The number of carbonyl (C=O) groups excluding carboxylic acids is 1. The number of primary amides is 1. The summed E-state index contributed by atoms with van der Waals surface area (Å²) in [6.07, 6.45) is 4.95. The van der Waals surface area contributed by atoms with Crippen molar-refractivity contribution in [1.29, 1.82) is 0 Å². The van der Waals surface area contributed by atoms with Crippen LogP contribution < -0.4 is 16.0 Å². The molecule has 0 aliphatic carbocycles. The molecule has 0 radical (unpaired) electrons. The van der Waals surface area contributed by atoms with Crippen LogP contribution in [0.5, 0.6) is 0 Å². The molecule has 2 amide bonds. The second kappa shape index (κ2) is 8.67. The van der Waals surface area contributed by atoms with Crippen molar-refractivity contribution in [3.8, 4) is 0 Å². The van der Waals surface area contributed by atoms with E-state index in [-0.39, 0.29) is 0 Å². The van der Waals surface area contributed by atoms with E-state index in [0.717, 1.165) is 5.75 Å². The highest BCUT2D eigenvalue weighted by atomic mass is 32.2. The third-order valence-electron chi connectivity index (χ3n) is 1.35. The molecular formula is C7H17N3OS. The fourth-order valence-electron chi connectivity index (χ4n) is 0.738. The zero-order chi connectivity index (χ0) is 9.23. The smallest absolute Gasteiger partial charge is 0.327 e. The second-order valence-electron chi connectivity index (χ2n) is 2.50. The number of unbranched alkanes of at least 4 members (excludes halogenated alkanes) is 3. The minimum atomic E-state index is -0.545. The minimum Gasteiger partial charge on any atom is -0.351 e. The van der Waals surface area contributed by atoms with Gasteiger partial charge in [0.15, 0.2) is 0 Å². The maximum absolute atomic E-state index is 10.2. The summed E-state index contributed by atoms with van der Waals surface area (Å²) in [6, 6.07) is -0.545. The summed E-state index contributed by atoms with van der Waals surface area (Å²) in [7, 11) is 0. The number of rotatable bonds is 7. The summed E-state index contributed by atoms with van der Waals surface area (Å²) in [5.74, 6) is 1.00. The van der Waals surface area contributed by atoms with Crippen molar-refractivity contribution in [3.05, 3.63) is 0 Å². The van der Waals surface area contributed by atoms with Gasteiger partial charge >= 0.3 is 6.03 Å². The van der Waals surface area contributed by atoms with Gasteiger partial charge in [0, 0.05) is 5.75 Å². The van der Waals surface area contributed by atoms with Crippen LogP contribution >= 0.6 is 11.9 Å². The zero-order valence-electron chi connectivity index (χ0n) is 7.43. The standard InChI is InChI=1S/C7H17N3OS/c1-2-3-4-5-6-12-10-9-7(8)11/h10H,2-6H2,1H3,(H3,8,9,11). The SMILES string of the molecule is CCCCCCSNNC(N)=O. The molecule has 0 saturated carbocycles. The molecule has 0 unspecified atom stereocenters. The van der Waals surface area contributed by atoms with E-state index in [4.69, 9.17) is 5.73 Å². The molecule has 0 atom stereocenters. The highest BCUT2D eigenvalue weighted by molar-refractivity contribution is 7.97. The Hall–Kier alpha value is -0.420. The lowest BCUT2D eigenvalue weighted by atomic mass is 10.2. The second-order valence-corrected chi connectivity index (χ2v) is 3.40. The molecule has 0 aromatic heterocycles. The number of nitrogens with two attached hydrogens (primary N) is 1. The molecule has 72 valence electrons. The Kier molecular flexibility index (Phi) is 8.37. The van der Waals surface area contributed by atoms with Crippen molar-refractivity contribution in [2.45, 2.75) is 32.6 Å². The molecule has 4 nitrogen and oxygen atoms in total. The first-order valence-corrected chi connectivity index (χ1v) is 5.18. The molecular weight excluding hydrogens is 174 g/mol. The van der Waals surface area contributed by atoms with E-state index in [1.165, 1.54) is 37.6 Å². The molecule has 0 saturated heterocycles. The summed E-state index contributed by atoms with van der Waals surface area (Å²) in [4.78, 5) is 12.8. The van der Waals surface area contributed by atoms with Crippen molar-refractivity contribution < 1.29 is 4.79 Å². The molecule has 0 aromatic carbocycles. The van der Waals surface area contributed by atoms with Crippen LogP contribution in [-0.2, 0) is 0 Å². The number of carbonyl (C=O) groups is 1. The van der Waals surface area contributed by atoms with Crippen molar-refractivity contribution in [3.63, 3.8) is 0 Å². The van der Waals surface area contributed by atoms with Gasteiger partial charge in [-0.15, -0.1) is 0 Å². The van der Waals surface area contributed by atoms with Gasteiger partial charge < -0.3 is 5.73 Å². The summed E-state index contributed by atoms with van der Waals surface area (Å²) in [6.45, 7) is 2.18. The van der Waals surface area contributed by atoms with Crippen LogP contribution in [0.1, 0.15) is 32.6 Å². The van der Waals surface area contributed by atoms with Crippen molar-refractivity contribution in [2.24, 2.45) is 5.73 Å². The van der Waals surface area contributed by atoms with Gasteiger partial charge in [0.25, 0.3) is 0 Å². The maximum Gasteiger partial charge on any atom is 0.327 e. The Bertz CT molecular complexity index is 121. The van der Waals surface area contributed by atoms with Crippen LogP contribution in [0.4, 0.5) is 4.79 Å². The fraction of sp³-hybridized carbons (Fsp3) is 0.857. The first-order valence-electron chi connectivity index (χ1n) is 4.19. The van der Waals surface area contributed by atoms with Crippen molar-refractivity contribution in [1.82, 2.24) is 10.3 Å². The van der Waals surface area contributed by atoms with Crippen LogP contribution in [0.25, 0.3) is 0 Å². The number of hydrogen-bond acceptors (Lipinski definition) is 3. The molecule has 0 fully saturated rings. The largest absolute Gasteiger partial charge is 0.351 e. The molecule has 5 heteroatoms. The van der Waals surface area contributed by atoms with E-state index >= 15 is 0 Å². The molecule has 0 aliphatic heterocycles. The Labute approximate surface area is 77.8 Å². The Morgan fingerprint density at radius 1 is 1.42 bits per heavy atom. The van der Waals surface area contributed by atoms with Gasteiger partial charge in [0.2, 0.25) is 0 Å². The summed E-state index contributed by atoms with van der Waals surface area (Å²) in [5.41, 5.74) is 7.12. The predicted octanol–water partition coefficient (Wildman–Crippen LogP) is 1.39. The molecule has 0 bridgehead atoms. The number of urea groups is 1. The lowest BCUT2D eigenvalue weighted by molar-refractivity contribution is 0.248. The predicted molar refractivity (Wildman–Crippen MR) is 52.5 cm³/mol. The maximum atomic E-state index is 10.2. The highest BCUT2D eigenvalue weighted by Gasteiger charge is 1.90. The summed E-state index contributed by atoms with van der Waals surface area (Å²) < 4.78 is 0. The Balaban J connectivity index is 2.86.